The maximum absolute atomic E-state index is 9.32. The number of aromatic nitrogens is 2. The van der Waals surface area contributed by atoms with Gasteiger partial charge in [-0.3, -0.25) is 0 Å². The molecule has 1 aromatic heterocycles. The second kappa shape index (κ2) is 8.14. The lowest BCUT2D eigenvalue weighted by Gasteiger charge is -2.38. The van der Waals surface area contributed by atoms with Gasteiger partial charge in [0.05, 0.1) is 6.61 Å². The van der Waals surface area contributed by atoms with Crippen LogP contribution in [0.4, 0.5) is 11.6 Å². The zero-order valence-corrected chi connectivity index (χ0v) is 13.0. The van der Waals surface area contributed by atoms with E-state index in [1.807, 2.05) is 6.07 Å². The summed E-state index contributed by atoms with van der Waals surface area (Å²) in [5.74, 6) is 2.39. The van der Waals surface area contributed by atoms with Gasteiger partial charge in [0.2, 0.25) is 0 Å². The molecule has 0 radical (unpaired) electrons. The molecule has 6 nitrogen and oxygen atoms in total. The highest BCUT2D eigenvalue weighted by Gasteiger charge is 2.26. The molecule has 1 aliphatic rings. The van der Waals surface area contributed by atoms with E-state index < -0.39 is 0 Å². The Morgan fingerprint density at radius 1 is 1.43 bits per heavy atom. The number of hydrogen-bond acceptors (Lipinski definition) is 6. The fraction of sp³-hybridized carbons (Fsp3) is 0.733. The second-order valence-corrected chi connectivity index (χ2v) is 5.39. The van der Waals surface area contributed by atoms with Gasteiger partial charge in [0.15, 0.2) is 5.82 Å². The van der Waals surface area contributed by atoms with Gasteiger partial charge in [-0.1, -0.05) is 6.92 Å². The maximum atomic E-state index is 9.32. The van der Waals surface area contributed by atoms with Crippen LogP contribution in [-0.4, -0.2) is 47.9 Å². The highest BCUT2D eigenvalue weighted by molar-refractivity contribution is 5.50. The SMILES string of the molecule is CCCNc1cc(N(CCO)C2CCC2)nc(COC)n1. The van der Waals surface area contributed by atoms with Gasteiger partial charge in [0, 0.05) is 32.3 Å². The van der Waals surface area contributed by atoms with Crippen molar-refractivity contribution in [3.05, 3.63) is 11.9 Å². The molecule has 1 saturated carbocycles. The van der Waals surface area contributed by atoms with E-state index in [1.54, 1.807) is 7.11 Å². The van der Waals surface area contributed by atoms with E-state index >= 15 is 0 Å². The van der Waals surface area contributed by atoms with Crippen LogP contribution in [0.3, 0.4) is 0 Å². The molecule has 0 amide bonds. The number of methoxy groups -OCH3 is 1. The first-order chi connectivity index (χ1) is 10.3. The molecule has 21 heavy (non-hydrogen) atoms. The molecule has 0 atom stereocenters. The average molecular weight is 294 g/mol. The van der Waals surface area contributed by atoms with Crippen molar-refractivity contribution in [2.24, 2.45) is 0 Å². The van der Waals surface area contributed by atoms with Crippen molar-refractivity contribution in [3.8, 4) is 0 Å². The van der Waals surface area contributed by atoms with Crippen molar-refractivity contribution < 1.29 is 9.84 Å². The van der Waals surface area contributed by atoms with Crippen molar-refractivity contribution in [1.82, 2.24) is 9.97 Å². The number of aliphatic hydroxyl groups excluding tert-OH is 1. The summed E-state index contributed by atoms with van der Waals surface area (Å²) in [5.41, 5.74) is 0. The Bertz CT molecular complexity index is 438. The van der Waals surface area contributed by atoms with Crippen LogP contribution in [0, 0.1) is 0 Å². The summed E-state index contributed by atoms with van der Waals surface area (Å²) in [6, 6.07) is 2.46. The number of nitrogens with one attached hydrogen (secondary N) is 1. The first-order valence-electron chi connectivity index (χ1n) is 7.76. The third-order valence-corrected chi connectivity index (χ3v) is 3.74. The van der Waals surface area contributed by atoms with Crippen LogP contribution in [0.5, 0.6) is 0 Å². The molecular weight excluding hydrogens is 268 g/mol. The van der Waals surface area contributed by atoms with E-state index in [0.717, 1.165) is 24.6 Å². The number of anilines is 2. The first-order valence-corrected chi connectivity index (χ1v) is 7.76. The fourth-order valence-electron chi connectivity index (χ4n) is 2.46. The Morgan fingerprint density at radius 3 is 2.81 bits per heavy atom. The fourth-order valence-corrected chi connectivity index (χ4v) is 2.46. The lowest BCUT2D eigenvalue weighted by molar-refractivity contribution is 0.178. The van der Waals surface area contributed by atoms with Gasteiger partial charge >= 0.3 is 0 Å². The topological polar surface area (TPSA) is 70.5 Å². The van der Waals surface area contributed by atoms with Gasteiger partial charge in [-0.25, -0.2) is 9.97 Å². The molecule has 0 spiro atoms. The van der Waals surface area contributed by atoms with Gasteiger partial charge in [0.25, 0.3) is 0 Å². The molecule has 0 aromatic carbocycles. The predicted molar refractivity (Wildman–Crippen MR) is 83.6 cm³/mol. The zero-order chi connectivity index (χ0) is 15.1. The Morgan fingerprint density at radius 2 is 2.24 bits per heavy atom. The summed E-state index contributed by atoms with van der Waals surface area (Å²) in [6.45, 7) is 4.15. The molecule has 2 N–H and O–H groups in total. The van der Waals surface area contributed by atoms with Crippen LogP contribution in [0.15, 0.2) is 6.07 Å². The molecule has 0 bridgehead atoms. The summed E-state index contributed by atoms with van der Waals surface area (Å²) < 4.78 is 5.16. The molecule has 0 aliphatic heterocycles. The number of rotatable bonds is 9. The summed E-state index contributed by atoms with van der Waals surface area (Å²) in [7, 11) is 1.65. The molecule has 0 saturated heterocycles. The lowest BCUT2D eigenvalue weighted by atomic mass is 9.91. The van der Waals surface area contributed by atoms with Gasteiger partial charge < -0.3 is 20.1 Å². The maximum Gasteiger partial charge on any atom is 0.158 e. The van der Waals surface area contributed by atoms with Crippen LogP contribution in [-0.2, 0) is 11.3 Å². The van der Waals surface area contributed by atoms with Gasteiger partial charge in [-0.05, 0) is 25.7 Å². The monoisotopic (exact) mass is 294 g/mol. The van der Waals surface area contributed by atoms with Crippen molar-refractivity contribution in [2.45, 2.75) is 45.3 Å². The molecule has 6 heteroatoms. The highest BCUT2D eigenvalue weighted by atomic mass is 16.5. The molecule has 1 aromatic rings. The molecule has 1 fully saturated rings. The van der Waals surface area contributed by atoms with E-state index in [2.05, 4.69) is 27.1 Å². The van der Waals surface area contributed by atoms with Crippen LogP contribution in [0.25, 0.3) is 0 Å². The van der Waals surface area contributed by atoms with Gasteiger partial charge in [-0.2, -0.15) is 0 Å². The number of nitrogens with zero attached hydrogens (tertiary/aromatic N) is 3. The molecule has 118 valence electrons. The van der Waals surface area contributed by atoms with Crippen LogP contribution >= 0.6 is 0 Å². The van der Waals surface area contributed by atoms with E-state index in [1.165, 1.54) is 19.3 Å². The smallest absolute Gasteiger partial charge is 0.158 e. The van der Waals surface area contributed by atoms with E-state index in [9.17, 15) is 5.11 Å². The minimum Gasteiger partial charge on any atom is -0.395 e. The normalized spacial score (nSPS) is 14.8. The Kier molecular flexibility index (Phi) is 6.20. The van der Waals surface area contributed by atoms with Crippen molar-refractivity contribution >= 4 is 11.6 Å². The standard InChI is InChI=1S/C15H26N4O2/c1-3-7-16-13-10-15(18-14(17-13)11-21-2)19(8-9-20)12-5-4-6-12/h10,12,20H,3-9,11H2,1-2H3,(H,16,17,18). The second-order valence-electron chi connectivity index (χ2n) is 5.39. The molecule has 1 aliphatic carbocycles. The van der Waals surface area contributed by atoms with Crippen molar-refractivity contribution in [3.63, 3.8) is 0 Å². The van der Waals surface area contributed by atoms with E-state index in [-0.39, 0.29) is 6.61 Å². The lowest BCUT2D eigenvalue weighted by Crippen LogP contribution is -2.42. The van der Waals surface area contributed by atoms with Crippen molar-refractivity contribution in [1.29, 1.82) is 0 Å². The number of hydrogen-bond donors (Lipinski definition) is 2. The number of ether oxygens (including phenoxy) is 1. The Labute approximate surface area is 126 Å². The molecule has 1 heterocycles. The van der Waals surface area contributed by atoms with Gasteiger partial charge in [-0.15, -0.1) is 0 Å². The minimum atomic E-state index is 0.137. The summed E-state index contributed by atoms with van der Waals surface area (Å²) in [6.07, 6.45) is 4.63. The van der Waals surface area contributed by atoms with E-state index in [0.29, 0.717) is 25.0 Å². The Hall–Kier alpha value is -1.40. The summed E-state index contributed by atoms with van der Waals surface area (Å²) in [4.78, 5) is 11.3. The zero-order valence-electron chi connectivity index (χ0n) is 13.0. The molecular formula is C15H26N4O2. The highest BCUT2D eigenvalue weighted by Crippen LogP contribution is 2.29. The van der Waals surface area contributed by atoms with Crippen LogP contribution in [0.1, 0.15) is 38.4 Å². The molecule has 0 unspecified atom stereocenters. The molecule has 2 rings (SSSR count). The third kappa shape index (κ3) is 4.28. The van der Waals surface area contributed by atoms with E-state index in [4.69, 9.17) is 4.74 Å². The third-order valence-electron chi connectivity index (χ3n) is 3.74. The largest absolute Gasteiger partial charge is 0.395 e. The first kappa shape index (κ1) is 16.0. The summed E-state index contributed by atoms with van der Waals surface area (Å²) >= 11 is 0. The average Bonchev–Trinajstić information content (AvgIpc) is 2.43. The van der Waals surface area contributed by atoms with Gasteiger partial charge in [0.1, 0.15) is 18.2 Å². The van der Waals surface area contributed by atoms with Crippen molar-refractivity contribution in [2.75, 3.05) is 37.0 Å². The minimum absolute atomic E-state index is 0.137. The summed E-state index contributed by atoms with van der Waals surface area (Å²) in [5, 5.41) is 12.6. The number of aliphatic hydroxyl groups is 1. The quantitative estimate of drug-likeness (QED) is 0.723. The Balaban J connectivity index is 2.22. The van der Waals surface area contributed by atoms with Crippen LogP contribution < -0.4 is 10.2 Å². The van der Waals surface area contributed by atoms with Crippen LogP contribution in [0.2, 0.25) is 0 Å². The predicted octanol–water partition coefficient (Wildman–Crippen LogP) is 1.80.